The molecular weight excluding hydrogens is 236 g/mol. The molecule has 1 aliphatic heterocycles. The van der Waals surface area contributed by atoms with Crippen molar-refractivity contribution in [3.05, 3.63) is 35.6 Å². The molecule has 0 N–H and O–H groups in total. The minimum absolute atomic E-state index is 0.102. The van der Waals surface area contributed by atoms with Crippen LogP contribution in [0.4, 0.5) is 8.78 Å². The first-order valence-corrected chi connectivity index (χ1v) is 6.18. The van der Waals surface area contributed by atoms with Gasteiger partial charge in [-0.1, -0.05) is 13.8 Å². The van der Waals surface area contributed by atoms with Crippen LogP contribution in [-0.2, 0) is 0 Å². The Balaban J connectivity index is 2.09. The number of halogens is 2. The van der Waals surface area contributed by atoms with Gasteiger partial charge in [0.2, 0.25) is 0 Å². The standard InChI is InChI=1S/C14H17F2NO/c1-9(2)12-7-17(8-13(12)16)14(18)10-3-5-11(15)6-4-10/h3-6,9,12-13H,7-8H2,1-2H3/t12-,13?/m0/s1. The van der Waals surface area contributed by atoms with Gasteiger partial charge < -0.3 is 4.90 Å². The summed E-state index contributed by atoms with van der Waals surface area (Å²) in [5.74, 6) is -0.488. The van der Waals surface area contributed by atoms with Gasteiger partial charge in [-0.2, -0.15) is 0 Å². The van der Waals surface area contributed by atoms with E-state index in [9.17, 15) is 13.6 Å². The number of amides is 1. The zero-order valence-corrected chi connectivity index (χ0v) is 10.6. The third kappa shape index (κ3) is 2.52. The first kappa shape index (κ1) is 13.0. The second kappa shape index (κ2) is 5.04. The Morgan fingerprint density at radius 2 is 1.89 bits per heavy atom. The van der Waals surface area contributed by atoms with Crippen molar-refractivity contribution in [3.63, 3.8) is 0 Å². The van der Waals surface area contributed by atoms with Crippen LogP contribution in [-0.4, -0.2) is 30.1 Å². The summed E-state index contributed by atoms with van der Waals surface area (Å²) in [5.41, 5.74) is 0.410. The van der Waals surface area contributed by atoms with Gasteiger partial charge in [0.25, 0.3) is 5.91 Å². The van der Waals surface area contributed by atoms with Crippen LogP contribution in [0.25, 0.3) is 0 Å². The lowest BCUT2D eigenvalue weighted by atomic mass is 9.94. The van der Waals surface area contributed by atoms with Gasteiger partial charge in [-0.25, -0.2) is 8.78 Å². The Morgan fingerprint density at radius 3 is 2.39 bits per heavy atom. The number of rotatable bonds is 2. The van der Waals surface area contributed by atoms with E-state index < -0.39 is 6.17 Å². The van der Waals surface area contributed by atoms with Crippen LogP contribution in [0.15, 0.2) is 24.3 Å². The molecule has 0 saturated carbocycles. The number of alkyl halides is 1. The molecular formula is C14H17F2NO. The van der Waals surface area contributed by atoms with Crippen LogP contribution >= 0.6 is 0 Å². The maximum atomic E-state index is 13.8. The van der Waals surface area contributed by atoms with Crippen molar-refractivity contribution in [1.29, 1.82) is 0 Å². The maximum Gasteiger partial charge on any atom is 0.253 e. The second-order valence-corrected chi connectivity index (χ2v) is 5.14. The number of nitrogens with zero attached hydrogens (tertiary/aromatic N) is 1. The molecule has 1 aliphatic rings. The topological polar surface area (TPSA) is 20.3 Å². The molecule has 0 bridgehead atoms. The molecule has 98 valence electrons. The van der Waals surface area contributed by atoms with Crippen molar-refractivity contribution in [2.24, 2.45) is 11.8 Å². The molecule has 4 heteroatoms. The SMILES string of the molecule is CC(C)[C@@H]1CN(C(=O)c2ccc(F)cc2)CC1F. The Bertz CT molecular complexity index is 430. The Morgan fingerprint density at radius 1 is 1.28 bits per heavy atom. The first-order chi connectivity index (χ1) is 8.49. The molecule has 1 fully saturated rings. The summed E-state index contributed by atoms with van der Waals surface area (Å²) in [6.07, 6.45) is -0.964. The Kier molecular flexibility index (Phi) is 3.64. The molecule has 2 nitrogen and oxygen atoms in total. The van der Waals surface area contributed by atoms with Crippen LogP contribution in [0.1, 0.15) is 24.2 Å². The van der Waals surface area contributed by atoms with Gasteiger partial charge in [0.05, 0.1) is 6.54 Å². The van der Waals surface area contributed by atoms with Crippen LogP contribution in [0, 0.1) is 17.7 Å². The van der Waals surface area contributed by atoms with Crippen LogP contribution in [0.5, 0.6) is 0 Å². The monoisotopic (exact) mass is 253 g/mol. The number of benzene rings is 1. The normalized spacial score (nSPS) is 23.7. The number of carbonyl (C=O) groups is 1. The van der Waals surface area contributed by atoms with Gasteiger partial charge >= 0.3 is 0 Å². The lowest BCUT2D eigenvalue weighted by molar-refractivity contribution is 0.0779. The third-order valence-corrected chi connectivity index (χ3v) is 3.53. The van der Waals surface area contributed by atoms with E-state index in [-0.39, 0.29) is 30.1 Å². The lowest BCUT2D eigenvalue weighted by Crippen LogP contribution is -2.29. The molecule has 18 heavy (non-hydrogen) atoms. The van der Waals surface area contributed by atoms with Crippen molar-refractivity contribution in [3.8, 4) is 0 Å². The molecule has 1 saturated heterocycles. The summed E-state index contributed by atoms with van der Waals surface area (Å²) >= 11 is 0. The largest absolute Gasteiger partial charge is 0.335 e. The highest BCUT2D eigenvalue weighted by Gasteiger charge is 2.37. The summed E-state index contributed by atoms with van der Waals surface area (Å²) in [6, 6.07) is 5.37. The van der Waals surface area contributed by atoms with Crippen molar-refractivity contribution in [1.82, 2.24) is 4.90 Å². The average Bonchev–Trinajstić information content (AvgIpc) is 2.71. The molecule has 2 rings (SSSR count). The summed E-state index contributed by atoms with van der Waals surface area (Å²) in [7, 11) is 0. The highest BCUT2D eigenvalue weighted by atomic mass is 19.1. The van der Waals surface area contributed by atoms with E-state index in [2.05, 4.69) is 0 Å². The van der Waals surface area contributed by atoms with E-state index in [1.54, 1.807) is 0 Å². The first-order valence-electron chi connectivity index (χ1n) is 6.18. The number of hydrogen-bond donors (Lipinski definition) is 0. The third-order valence-electron chi connectivity index (χ3n) is 3.53. The lowest BCUT2D eigenvalue weighted by Gasteiger charge is -2.17. The van der Waals surface area contributed by atoms with Crippen LogP contribution in [0.2, 0.25) is 0 Å². The van der Waals surface area contributed by atoms with Gasteiger partial charge in [0.1, 0.15) is 12.0 Å². The predicted molar refractivity (Wildman–Crippen MR) is 65.5 cm³/mol. The Hall–Kier alpha value is -1.45. The molecule has 2 atom stereocenters. The average molecular weight is 253 g/mol. The fourth-order valence-corrected chi connectivity index (χ4v) is 2.36. The molecule has 1 amide bonds. The highest BCUT2D eigenvalue weighted by molar-refractivity contribution is 5.94. The summed E-state index contributed by atoms with van der Waals surface area (Å²) in [4.78, 5) is 13.6. The zero-order valence-electron chi connectivity index (χ0n) is 10.6. The molecule has 0 spiro atoms. The van der Waals surface area contributed by atoms with Crippen molar-refractivity contribution in [2.45, 2.75) is 20.0 Å². The fraction of sp³-hybridized carbons (Fsp3) is 0.500. The summed E-state index contributed by atoms with van der Waals surface area (Å²) in [6.45, 7) is 4.50. The molecule has 0 radical (unpaired) electrons. The molecule has 1 unspecified atom stereocenters. The van der Waals surface area contributed by atoms with E-state index in [0.717, 1.165) is 0 Å². The van der Waals surface area contributed by atoms with E-state index >= 15 is 0 Å². The molecule has 0 aromatic heterocycles. The maximum absolute atomic E-state index is 13.8. The van der Waals surface area contributed by atoms with E-state index in [1.807, 2.05) is 13.8 Å². The summed E-state index contributed by atoms with van der Waals surface area (Å²) in [5, 5.41) is 0. The predicted octanol–water partition coefficient (Wildman–Crippen LogP) is 2.89. The molecule has 0 aliphatic carbocycles. The minimum Gasteiger partial charge on any atom is -0.335 e. The summed E-state index contributed by atoms with van der Waals surface area (Å²) < 4.78 is 26.5. The minimum atomic E-state index is -0.964. The van der Waals surface area contributed by atoms with Gasteiger partial charge in [-0.3, -0.25) is 4.79 Å². The fourth-order valence-electron chi connectivity index (χ4n) is 2.36. The van der Waals surface area contributed by atoms with E-state index in [1.165, 1.54) is 29.2 Å². The number of likely N-dealkylation sites (tertiary alicyclic amines) is 1. The van der Waals surface area contributed by atoms with Crippen molar-refractivity contribution in [2.75, 3.05) is 13.1 Å². The smallest absolute Gasteiger partial charge is 0.253 e. The van der Waals surface area contributed by atoms with Crippen LogP contribution in [0.3, 0.4) is 0 Å². The highest BCUT2D eigenvalue weighted by Crippen LogP contribution is 2.27. The van der Waals surface area contributed by atoms with Gasteiger partial charge in [0.15, 0.2) is 0 Å². The molecule has 1 aromatic rings. The zero-order chi connectivity index (χ0) is 13.3. The second-order valence-electron chi connectivity index (χ2n) is 5.14. The van der Waals surface area contributed by atoms with Crippen LogP contribution < -0.4 is 0 Å². The molecule has 1 aromatic carbocycles. The van der Waals surface area contributed by atoms with E-state index in [0.29, 0.717) is 12.1 Å². The van der Waals surface area contributed by atoms with Gasteiger partial charge in [-0.15, -0.1) is 0 Å². The van der Waals surface area contributed by atoms with Crippen molar-refractivity contribution < 1.29 is 13.6 Å². The molecule has 1 heterocycles. The Labute approximate surface area is 106 Å². The van der Waals surface area contributed by atoms with Crippen molar-refractivity contribution >= 4 is 5.91 Å². The van der Waals surface area contributed by atoms with E-state index in [4.69, 9.17) is 0 Å². The number of carbonyl (C=O) groups excluding carboxylic acids is 1. The quantitative estimate of drug-likeness (QED) is 0.793. The van der Waals surface area contributed by atoms with Gasteiger partial charge in [0, 0.05) is 18.0 Å². The van der Waals surface area contributed by atoms with Gasteiger partial charge in [-0.05, 0) is 30.2 Å². The number of hydrogen-bond acceptors (Lipinski definition) is 1.